The van der Waals surface area contributed by atoms with Crippen LogP contribution in [0.25, 0.3) is 0 Å². The summed E-state index contributed by atoms with van der Waals surface area (Å²) in [7, 11) is 1.40. The van der Waals surface area contributed by atoms with Gasteiger partial charge in [0, 0.05) is 55.2 Å². The van der Waals surface area contributed by atoms with E-state index in [9.17, 15) is 29.4 Å². The van der Waals surface area contributed by atoms with Crippen LogP contribution in [0.3, 0.4) is 0 Å². The van der Waals surface area contributed by atoms with E-state index in [1.165, 1.54) is 23.9 Å². The first-order chi connectivity index (χ1) is 22.9. The van der Waals surface area contributed by atoms with E-state index < -0.39 is 71.8 Å². The Hall–Kier alpha value is -4.00. The molecule has 2 saturated carbocycles. The Labute approximate surface area is 278 Å². The van der Waals surface area contributed by atoms with Crippen LogP contribution >= 0.6 is 0 Å². The molecular formula is C36H44N2O10. The molecule has 258 valence electrons. The number of aromatic nitrogens is 2. The molecule has 2 aromatic heterocycles. The number of nitrogens with one attached hydrogen (secondary N) is 1. The van der Waals surface area contributed by atoms with E-state index in [2.05, 4.69) is 4.98 Å². The Bertz CT molecular complexity index is 1650. The van der Waals surface area contributed by atoms with Crippen molar-refractivity contribution >= 4 is 17.9 Å². The Morgan fingerprint density at radius 3 is 2.60 bits per heavy atom. The summed E-state index contributed by atoms with van der Waals surface area (Å²) >= 11 is 0. The number of methoxy groups -OCH3 is 1. The molecule has 1 aliphatic heterocycles. The lowest BCUT2D eigenvalue weighted by molar-refractivity contribution is -0.188. The molecule has 3 aliphatic carbocycles. The number of nitrogens with zero attached hydrogens (tertiary/aromatic N) is 1. The van der Waals surface area contributed by atoms with Crippen LogP contribution in [0.1, 0.15) is 44.6 Å². The fourth-order valence-electron chi connectivity index (χ4n) is 8.78. The summed E-state index contributed by atoms with van der Waals surface area (Å²) in [5, 5.41) is 24.4. The van der Waals surface area contributed by atoms with Crippen LogP contribution in [0.15, 0.2) is 71.3 Å². The van der Waals surface area contributed by atoms with Crippen molar-refractivity contribution in [3.8, 4) is 0 Å². The summed E-state index contributed by atoms with van der Waals surface area (Å²) in [6.07, 6.45) is 4.77. The van der Waals surface area contributed by atoms with Gasteiger partial charge < -0.3 is 38.7 Å². The second-order valence-electron chi connectivity index (χ2n) is 13.8. The number of carbonyl (C=O) groups excluding carboxylic acids is 3. The van der Waals surface area contributed by atoms with Gasteiger partial charge in [-0.3, -0.25) is 9.59 Å². The third kappa shape index (κ3) is 5.73. The molecule has 2 aromatic rings. The number of ether oxygens (including phenoxy) is 4. The van der Waals surface area contributed by atoms with Crippen LogP contribution in [-0.2, 0) is 35.1 Å². The SMILES string of the molecule is CO[C@H]1C[C@H]2C=C[C@H]3[C@H]4C([C@H]3[C@]2(O)/C(C)=C/[C@@H](C)[C@@H]([C@@H](C)OC(=O)Cn2ccccc2=O)OC1=O)[C@H](O)[C@@H](C)[C@H]4OC(=O)c1ccc[nH]1. The highest BCUT2D eigenvalue weighted by Gasteiger charge is 2.71. The predicted molar refractivity (Wildman–Crippen MR) is 171 cm³/mol. The van der Waals surface area contributed by atoms with Crippen molar-refractivity contribution in [3.05, 3.63) is 82.6 Å². The fraction of sp³-hybridized carbons (Fsp3) is 0.556. The van der Waals surface area contributed by atoms with Gasteiger partial charge in [-0.1, -0.05) is 38.1 Å². The highest BCUT2D eigenvalue weighted by molar-refractivity contribution is 5.87. The first kappa shape index (κ1) is 33.9. The molecule has 12 nitrogen and oxygen atoms in total. The number of esters is 3. The lowest BCUT2D eigenvalue weighted by Crippen LogP contribution is -2.65. The molecule has 2 fully saturated rings. The maximum absolute atomic E-state index is 13.5. The molecule has 0 spiro atoms. The molecule has 0 aromatic carbocycles. The summed E-state index contributed by atoms with van der Waals surface area (Å²) in [5.41, 5.74) is -0.859. The molecule has 6 rings (SSSR count). The van der Waals surface area contributed by atoms with E-state index in [0.717, 1.165) is 0 Å². The number of cyclic esters (lactones) is 1. The fourth-order valence-corrected chi connectivity index (χ4v) is 8.78. The highest BCUT2D eigenvalue weighted by Crippen LogP contribution is 2.66. The van der Waals surface area contributed by atoms with Gasteiger partial charge in [-0.2, -0.15) is 0 Å². The van der Waals surface area contributed by atoms with Gasteiger partial charge in [0.2, 0.25) is 0 Å². The lowest BCUT2D eigenvalue weighted by atomic mass is 9.46. The monoisotopic (exact) mass is 664 g/mol. The zero-order chi connectivity index (χ0) is 34.5. The maximum Gasteiger partial charge on any atom is 0.355 e. The van der Waals surface area contributed by atoms with Gasteiger partial charge in [0.1, 0.15) is 30.6 Å². The van der Waals surface area contributed by atoms with E-state index in [4.69, 9.17) is 18.9 Å². The van der Waals surface area contributed by atoms with Gasteiger partial charge in [-0.15, -0.1) is 0 Å². The van der Waals surface area contributed by atoms with Crippen molar-refractivity contribution in [2.75, 3.05) is 7.11 Å². The number of aromatic amines is 1. The molecule has 48 heavy (non-hydrogen) atoms. The third-order valence-electron chi connectivity index (χ3n) is 11.2. The Balaban J connectivity index is 1.28. The minimum Gasteiger partial charge on any atom is -0.457 e. The van der Waals surface area contributed by atoms with E-state index in [1.807, 2.05) is 39.0 Å². The molecular weight excluding hydrogens is 620 g/mol. The Kier molecular flexibility index (Phi) is 9.27. The molecule has 3 heterocycles. The number of aliphatic hydroxyl groups excluding tert-OH is 1. The standard InChI is InChI=1S/C36H44N2O10/c1-18-15-19(2)36(44)22(11-12-23-28-29(30(23)36)31(41)20(3)33(28)48-34(42)24-9-8-13-37-24)16-25(45-5)35(43)47-32(18)21(4)46-27(40)17-38-14-7-6-10-26(38)39/h6-15,18,20-23,25,28-33,37,41,44H,16-17H2,1-5H3/b19-15+/t18-,20-,21-,22-,23+,25+,28+,29?,30+,31-,32+,33-,36+/m1/s1. The highest BCUT2D eigenvalue weighted by atomic mass is 16.6. The van der Waals surface area contributed by atoms with E-state index in [0.29, 0.717) is 11.3 Å². The number of rotatable bonds is 7. The van der Waals surface area contributed by atoms with E-state index in [-0.39, 0.29) is 42.2 Å². The number of pyridine rings is 1. The summed E-state index contributed by atoms with van der Waals surface area (Å²) in [6.45, 7) is 6.83. The molecule has 0 bridgehead atoms. The largest absolute Gasteiger partial charge is 0.457 e. The number of carbonyl (C=O) groups is 3. The topological polar surface area (TPSA) is 166 Å². The van der Waals surface area contributed by atoms with Gasteiger partial charge >= 0.3 is 17.9 Å². The quantitative estimate of drug-likeness (QED) is 0.228. The van der Waals surface area contributed by atoms with Crippen LogP contribution in [0.2, 0.25) is 0 Å². The van der Waals surface area contributed by atoms with Gasteiger partial charge in [-0.25, -0.2) is 9.59 Å². The van der Waals surface area contributed by atoms with Crippen molar-refractivity contribution in [2.45, 2.75) is 76.8 Å². The number of aliphatic hydroxyl groups is 2. The third-order valence-corrected chi connectivity index (χ3v) is 11.2. The first-order valence-corrected chi connectivity index (χ1v) is 16.6. The lowest BCUT2D eigenvalue weighted by Gasteiger charge is -2.61. The summed E-state index contributed by atoms with van der Waals surface area (Å²) < 4.78 is 24.4. The average molecular weight is 665 g/mol. The minimum absolute atomic E-state index is 0.108. The second-order valence-corrected chi connectivity index (χ2v) is 13.8. The number of hydrogen-bond acceptors (Lipinski definition) is 10. The van der Waals surface area contributed by atoms with Crippen molar-refractivity contribution < 1.29 is 43.5 Å². The van der Waals surface area contributed by atoms with Crippen LogP contribution in [0.4, 0.5) is 0 Å². The van der Waals surface area contributed by atoms with E-state index >= 15 is 0 Å². The summed E-state index contributed by atoms with van der Waals surface area (Å²) in [4.78, 5) is 54.3. The van der Waals surface area contributed by atoms with Crippen LogP contribution < -0.4 is 5.56 Å². The molecule has 0 radical (unpaired) electrons. The molecule has 4 aliphatic rings. The normalized spacial score (nSPS) is 38.9. The van der Waals surface area contributed by atoms with Crippen molar-refractivity contribution in [2.24, 2.45) is 41.4 Å². The number of H-pyrrole nitrogens is 1. The smallest absolute Gasteiger partial charge is 0.355 e. The van der Waals surface area contributed by atoms with Crippen LogP contribution in [0, 0.1) is 41.4 Å². The number of fused-ring (bicyclic) bond motifs is 6. The number of allylic oxidation sites excluding steroid dienone is 1. The molecule has 1 unspecified atom stereocenters. The minimum atomic E-state index is -1.47. The molecule has 12 heteroatoms. The summed E-state index contributed by atoms with van der Waals surface area (Å²) in [5.74, 6) is -4.41. The Morgan fingerprint density at radius 2 is 1.92 bits per heavy atom. The van der Waals surface area contributed by atoms with Crippen molar-refractivity contribution in [1.29, 1.82) is 0 Å². The zero-order valence-electron chi connectivity index (χ0n) is 27.7. The average Bonchev–Trinajstić information content (AvgIpc) is 3.64. The van der Waals surface area contributed by atoms with Crippen LogP contribution in [-0.4, -0.2) is 80.9 Å². The predicted octanol–water partition coefficient (Wildman–Crippen LogP) is 2.65. The van der Waals surface area contributed by atoms with Gasteiger partial charge in [-0.05, 0) is 55.9 Å². The van der Waals surface area contributed by atoms with Gasteiger partial charge in [0.25, 0.3) is 5.56 Å². The zero-order valence-corrected chi connectivity index (χ0v) is 27.7. The number of hydrogen-bond donors (Lipinski definition) is 3. The van der Waals surface area contributed by atoms with E-state index in [1.54, 1.807) is 37.4 Å². The second kappa shape index (κ2) is 13.1. The molecule has 0 amide bonds. The van der Waals surface area contributed by atoms with Gasteiger partial charge in [0.15, 0.2) is 6.10 Å². The van der Waals surface area contributed by atoms with Crippen molar-refractivity contribution in [3.63, 3.8) is 0 Å². The van der Waals surface area contributed by atoms with Gasteiger partial charge in [0.05, 0.1) is 11.7 Å². The maximum atomic E-state index is 13.5. The molecule has 13 atom stereocenters. The first-order valence-electron chi connectivity index (χ1n) is 16.6. The Morgan fingerprint density at radius 1 is 1.15 bits per heavy atom. The van der Waals surface area contributed by atoms with Crippen molar-refractivity contribution in [1.82, 2.24) is 9.55 Å². The molecule has 0 saturated heterocycles. The van der Waals surface area contributed by atoms with Crippen LogP contribution in [0.5, 0.6) is 0 Å². The molecule has 3 N–H and O–H groups in total. The summed E-state index contributed by atoms with van der Waals surface area (Å²) in [6, 6.07) is 7.91.